The third-order valence-electron chi connectivity index (χ3n) is 2.34. The minimum atomic E-state index is -0.815. The summed E-state index contributed by atoms with van der Waals surface area (Å²) >= 11 is 0. The van der Waals surface area contributed by atoms with Gasteiger partial charge in [0.05, 0.1) is 13.3 Å². The maximum absolute atomic E-state index is 13.0. The van der Waals surface area contributed by atoms with Crippen LogP contribution < -0.4 is 15.2 Å². The highest BCUT2D eigenvalue weighted by molar-refractivity contribution is 5.95. The lowest BCUT2D eigenvalue weighted by Crippen LogP contribution is -2.13. The Labute approximate surface area is 108 Å². The standard InChI is InChI=1S/C13H11FN2O3/c1-18-9-3-2-4-10(6-9)19-13-11(12(15)17)5-8(14)7-16-13/h2-7H,1H3,(H2,15,17). The topological polar surface area (TPSA) is 74.4 Å². The Morgan fingerprint density at radius 3 is 2.74 bits per heavy atom. The minimum absolute atomic E-state index is 0.0536. The van der Waals surface area contributed by atoms with E-state index in [1.807, 2.05) is 0 Å². The molecule has 1 aromatic carbocycles. The molecule has 0 bridgehead atoms. The van der Waals surface area contributed by atoms with E-state index in [2.05, 4.69) is 4.98 Å². The molecule has 2 aromatic rings. The molecule has 0 aliphatic carbocycles. The van der Waals surface area contributed by atoms with E-state index in [0.29, 0.717) is 11.5 Å². The second-order valence-corrected chi connectivity index (χ2v) is 3.65. The fraction of sp³-hybridized carbons (Fsp3) is 0.0769. The van der Waals surface area contributed by atoms with Crippen molar-refractivity contribution in [2.75, 3.05) is 7.11 Å². The Bertz CT molecular complexity index is 617. The summed E-state index contributed by atoms with van der Waals surface area (Å²) in [5.74, 6) is -0.542. The summed E-state index contributed by atoms with van der Waals surface area (Å²) in [6.07, 6.45) is 0.946. The Morgan fingerprint density at radius 1 is 1.32 bits per heavy atom. The van der Waals surface area contributed by atoms with Gasteiger partial charge in [0, 0.05) is 6.07 Å². The van der Waals surface area contributed by atoms with Gasteiger partial charge in [0.2, 0.25) is 5.88 Å². The third kappa shape index (κ3) is 2.98. The molecule has 1 amide bonds. The minimum Gasteiger partial charge on any atom is -0.497 e. The van der Waals surface area contributed by atoms with Crippen LogP contribution in [0.1, 0.15) is 10.4 Å². The molecule has 98 valence electrons. The van der Waals surface area contributed by atoms with Gasteiger partial charge in [-0.2, -0.15) is 0 Å². The quantitative estimate of drug-likeness (QED) is 0.915. The molecular formula is C13H11FN2O3. The van der Waals surface area contributed by atoms with Gasteiger partial charge in [0.15, 0.2) is 0 Å². The summed E-state index contributed by atoms with van der Waals surface area (Å²) in [7, 11) is 1.52. The molecule has 0 aliphatic rings. The number of hydrogen-bond donors (Lipinski definition) is 1. The van der Waals surface area contributed by atoms with Crippen molar-refractivity contribution >= 4 is 5.91 Å². The van der Waals surface area contributed by atoms with Crippen molar-refractivity contribution in [1.29, 1.82) is 0 Å². The lowest BCUT2D eigenvalue weighted by atomic mass is 10.2. The second kappa shape index (κ2) is 5.34. The summed E-state index contributed by atoms with van der Waals surface area (Å²) in [5.41, 5.74) is 5.02. The lowest BCUT2D eigenvalue weighted by Gasteiger charge is -2.08. The number of methoxy groups -OCH3 is 1. The number of carbonyl (C=O) groups is 1. The van der Waals surface area contributed by atoms with Crippen LogP contribution in [0.3, 0.4) is 0 Å². The number of amides is 1. The molecule has 0 saturated heterocycles. The van der Waals surface area contributed by atoms with Crippen molar-refractivity contribution in [1.82, 2.24) is 4.98 Å². The van der Waals surface area contributed by atoms with Gasteiger partial charge in [-0.05, 0) is 18.2 Å². The van der Waals surface area contributed by atoms with Crippen LogP contribution in [0.4, 0.5) is 4.39 Å². The predicted molar refractivity (Wildman–Crippen MR) is 65.8 cm³/mol. The molecule has 0 saturated carbocycles. The van der Waals surface area contributed by atoms with Crippen LogP contribution in [0.2, 0.25) is 0 Å². The van der Waals surface area contributed by atoms with E-state index in [-0.39, 0.29) is 11.4 Å². The first-order valence-corrected chi connectivity index (χ1v) is 5.37. The lowest BCUT2D eigenvalue weighted by molar-refractivity contribution is 0.0997. The van der Waals surface area contributed by atoms with Gasteiger partial charge in [-0.3, -0.25) is 4.79 Å². The first-order chi connectivity index (χ1) is 9.10. The van der Waals surface area contributed by atoms with Crippen LogP contribution >= 0.6 is 0 Å². The second-order valence-electron chi connectivity index (χ2n) is 3.65. The Morgan fingerprint density at radius 2 is 2.05 bits per heavy atom. The molecule has 0 unspecified atom stereocenters. The summed E-state index contributed by atoms with van der Waals surface area (Å²) in [6, 6.07) is 7.68. The zero-order valence-electron chi connectivity index (χ0n) is 10.1. The van der Waals surface area contributed by atoms with Crippen molar-refractivity contribution in [3.63, 3.8) is 0 Å². The molecular weight excluding hydrogens is 251 g/mol. The highest BCUT2D eigenvalue weighted by Gasteiger charge is 2.13. The zero-order valence-corrected chi connectivity index (χ0v) is 10.1. The van der Waals surface area contributed by atoms with E-state index in [1.165, 1.54) is 7.11 Å². The largest absolute Gasteiger partial charge is 0.497 e. The van der Waals surface area contributed by atoms with Crippen LogP contribution in [0.5, 0.6) is 17.4 Å². The number of nitrogens with two attached hydrogens (primary N) is 1. The average Bonchev–Trinajstić information content (AvgIpc) is 2.41. The van der Waals surface area contributed by atoms with Crippen molar-refractivity contribution in [2.45, 2.75) is 0 Å². The van der Waals surface area contributed by atoms with Gasteiger partial charge >= 0.3 is 0 Å². The average molecular weight is 262 g/mol. The Hall–Kier alpha value is -2.63. The van der Waals surface area contributed by atoms with Crippen LogP contribution in [0.25, 0.3) is 0 Å². The molecule has 2 N–H and O–H groups in total. The molecule has 0 spiro atoms. The summed E-state index contributed by atoms with van der Waals surface area (Å²) in [6.45, 7) is 0. The van der Waals surface area contributed by atoms with E-state index < -0.39 is 11.7 Å². The Balaban J connectivity index is 2.34. The van der Waals surface area contributed by atoms with Crippen LogP contribution in [0, 0.1) is 5.82 Å². The van der Waals surface area contributed by atoms with E-state index in [0.717, 1.165) is 12.3 Å². The molecule has 1 aromatic heterocycles. The number of pyridine rings is 1. The van der Waals surface area contributed by atoms with Crippen LogP contribution in [-0.2, 0) is 0 Å². The smallest absolute Gasteiger partial charge is 0.254 e. The van der Waals surface area contributed by atoms with Gasteiger partial charge in [0.1, 0.15) is 22.9 Å². The normalized spacial score (nSPS) is 10.0. The summed E-state index contributed by atoms with van der Waals surface area (Å²) in [5, 5.41) is 0. The fourth-order valence-corrected chi connectivity index (χ4v) is 1.46. The van der Waals surface area contributed by atoms with Gasteiger partial charge in [-0.25, -0.2) is 9.37 Å². The molecule has 0 atom stereocenters. The SMILES string of the molecule is COc1cccc(Oc2ncc(F)cc2C(N)=O)c1. The molecule has 19 heavy (non-hydrogen) atoms. The fourth-order valence-electron chi connectivity index (χ4n) is 1.46. The van der Waals surface area contributed by atoms with Crippen LogP contribution in [0.15, 0.2) is 36.5 Å². The Kier molecular flexibility index (Phi) is 3.61. The van der Waals surface area contributed by atoms with Gasteiger partial charge in [0.25, 0.3) is 5.91 Å². The molecule has 0 aliphatic heterocycles. The predicted octanol–water partition coefficient (Wildman–Crippen LogP) is 2.12. The van der Waals surface area contributed by atoms with Crippen molar-refractivity contribution in [3.8, 4) is 17.4 Å². The van der Waals surface area contributed by atoms with Crippen molar-refractivity contribution in [2.24, 2.45) is 5.73 Å². The highest BCUT2D eigenvalue weighted by atomic mass is 19.1. The molecule has 6 heteroatoms. The number of hydrogen-bond acceptors (Lipinski definition) is 4. The van der Waals surface area contributed by atoms with E-state index in [4.69, 9.17) is 15.2 Å². The van der Waals surface area contributed by atoms with Gasteiger partial charge in [-0.1, -0.05) is 6.07 Å². The van der Waals surface area contributed by atoms with Crippen molar-refractivity contribution in [3.05, 3.63) is 47.9 Å². The molecule has 1 heterocycles. The molecule has 0 fully saturated rings. The number of aromatic nitrogens is 1. The number of carbonyl (C=O) groups excluding carboxylic acids is 1. The number of nitrogens with zero attached hydrogens (tertiary/aromatic N) is 1. The van der Waals surface area contributed by atoms with Crippen molar-refractivity contribution < 1.29 is 18.7 Å². The van der Waals surface area contributed by atoms with Gasteiger partial charge < -0.3 is 15.2 Å². The maximum atomic E-state index is 13.0. The molecule has 0 radical (unpaired) electrons. The highest BCUT2D eigenvalue weighted by Crippen LogP contribution is 2.26. The monoisotopic (exact) mass is 262 g/mol. The number of ether oxygens (including phenoxy) is 2. The first kappa shape index (κ1) is 12.8. The van der Waals surface area contributed by atoms with E-state index >= 15 is 0 Å². The number of primary amides is 1. The van der Waals surface area contributed by atoms with Crippen LogP contribution in [-0.4, -0.2) is 18.0 Å². The number of rotatable bonds is 4. The number of halogens is 1. The first-order valence-electron chi connectivity index (χ1n) is 5.37. The summed E-state index contributed by atoms with van der Waals surface area (Å²) in [4.78, 5) is 14.9. The van der Waals surface area contributed by atoms with Gasteiger partial charge in [-0.15, -0.1) is 0 Å². The zero-order chi connectivity index (χ0) is 13.8. The number of benzene rings is 1. The third-order valence-corrected chi connectivity index (χ3v) is 2.34. The molecule has 2 rings (SSSR count). The van der Waals surface area contributed by atoms with E-state index in [1.54, 1.807) is 24.3 Å². The maximum Gasteiger partial charge on any atom is 0.254 e. The summed E-state index contributed by atoms with van der Waals surface area (Å²) < 4.78 is 23.5. The van der Waals surface area contributed by atoms with E-state index in [9.17, 15) is 9.18 Å². The molecule has 5 nitrogen and oxygen atoms in total.